The molecule has 18 heavy (non-hydrogen) atoms. The quantitative estimate of drug-likeness (QED) is 0.842. The number of hydrogen-bond acceptors (Lipinski definition) is 3. The van der Waals surface area contributed by atoms with E-state index in [4.69, 9.17) is 0 Å². The smallest absolute Gasteiger partial charge is 0.271 e. The van der Waals surface area contributed by atoms with Crippen molar-refractivity contribution < 1.29 is 4.79 Å². The summed E-state index contributed by atoms with van der Waals surface area (Å²) in [4.78, 5) is 11.4. The summed E-state index contributed by atoms with van der Waals surface area (Å²) in [7, 11) is 3.50. The monoisotopic (exact) mass is 244 g/mol. The molecule has 2 rings (SSSR count). The van der Waals surface area contributed by atoms with Crippen molar-refractivity contribution in [2.75, 3.05) is 14.1 Å². The van der Waals surface area contributed by atoms with Crippen LogP contribution in [-0.2, 0) is 6.54 Å². The van der Waals surface area contributed by atoms with Gasteiger partial charge in [-0.2, -0.15) is 5.10 Å². The van der Waals surface area contributed by atoms with Crippen LogP contribution in [0.25, 0.3) is 5.69 Å². The molecule has 5 nitrogen and oxygen atoms in total. The lowest BCUT2D eigenvalue weighted by Gasteiger charge is -2.04. The number of hydrogen-bond donors (Lipinski definition) is 2. The minimum absolute atomic E-state index is 0.180. The first-order chi connectivity index (χ1) is 8.74. The van der Waals surface area contributed by atoms with Crippen LogP contribution < -0.4 is 10.6 Å². The van der Waals surface area contributed by atoms with Crippen LogP contribution >= 0.6 is 0 Å². The zero-order valence-electron chi connectivity index (χ0n) is 10.5. The van der Waals surface area contributed by atoms with Crippen LogP contribution in [0.15, 0.2) is 36.5 Å². The summed E-state index contributed by atoms with van der Waals surface area (Å²) < 4.78 is 1.70. The molecule has 0 unspecified atom stereocenters. The van der Waals surface area contributed by atoms with Crippen molar-refractivity contribution in [3.63, 3.8) is 0 Å². The number of benzene rings is 1. The van der Waals surface area contributed by atoms with E-state index < -0.39 is 0 Å². The molecule has 0 spiro atoms. The van der Waals surface area contributed by atoms with Crippen molar-refractivity contribution in [3.8, 4) is 5.69 Å². The maximum atomic E-state index is 11.4. The van der Waals surface area contributed by atoms with E-state index in [1.54, 1.807) is 24.0 Å². The number of carbonyl (C=O) groups excluding carboxylic acids is 1. The first-order valence-electron chi connectivity index (χ1n) is 5.76. The number of nitrogens with one attached hydrogen (secondary N) is 2. The largest absolute Gasteiger partial charge is 0.354 e. The Balaban J connectivity index is 2.28. The zero-order chi connectivity index (χ0) is 13.0. The highest BCUT2D eigenvalue weighted by Gasteiger charge is 2.07. The summed E-state index contributed by atoms with van der Waals surface area (Å²) in [6.07, 6.45) is 1.78. The van der Waals surface area contributed by atoms with Crippen LogP contribution in [-0.4, -0.2) is 29.8 Å². The highest BCUT2D eigenvalue weighted by molar-refractivity contribution is 5.91. The lowest BCUT2D eigenvalue weighted by Crippen LogP contribution is -2.18. The predicted molar refractivity (Wildman–Crippen MR) is 69.7 cm³/mol. The lowest BCUT2D eigenvalue weighted by molar-refractivity contribution is 0.0958. The molecule has 0 saturated carbocycles. The minimum Gasteiger partial charge on any atom is -0.354 e. The Kier molecular flexibility index (Phi) is 3.74. The van der Waals surface area contributed by atoms with E-state index >= 15 is 0 Å². The summed E-state index contributed by atoms with van der Waals surface area (Å²) in [6.45, 7) is 0.803. The van der Waals surface area contributed by atoms with Gasteiger partial charge in [0.25, 0.3) is 5.91 Å². The van der Waals surface area contributed by atoms with Gasteiger partial charge in [0.05, 0.1) is 5.69 Å². The van der Waals surface area contributed by atoms with Gasteiger partial charge in [-0.15, -0.1) is 0 Å². The van der Waals surface area contributed by atoms with Gasteiger partial charge in [0.1, 0.15) is 0 Å². The Bertz CT molecular complexity index is 547. The van der Waals surface area contributed by atoms with Gasteiger partial charge in [-0.1, -0.05) is 12.1 Å². The normalized spacial score (nSPS) is 10.3. The van der Waals surface area contributed by atoms with E-state index in [1.165, 1.54) is 5.56 Å². The second-order valence-electron chi connectivity index (χ2n) is 3.92. The fourth-order valence-electron chi connectivity index (χ4n) is 1.73. The molecule has 1 heterocycles. The van der Waals surface area contributed by atoms with E-state index in [1.807, 2.05) is 31.3 Å². The molecule has 2 N–H and O–H groups in total. The molecule has 0 aliphatic rings. The van der Waals surface area contributed by atoms with Crippen LogP contribution in [0.1, 0.15) is 16.1 Å². The standard InChI is InChI=1S/C13H16N4O/c1-14-9-10-4-3-5-11(8-10)17-7-6-12(16-17)13(18)15-2/h3-8,14H,9H2,1-2H3,(H,15,18). The molecule has 2 aromatic rings. The summed E-state index contributed by atoms with van der Waals surface area (Å²) >= 11 is 0. The Morgan fingerprint density at radius 1 is 1.33 bits per heavy atom. The molecule has 1 aromatic carbocycles. The third-order valence-electron chi connectivity index (χ3n) is 2.60. The van der Waals surface area contributed by atoms with Gasteiger partial charge in [-0.25, -0.2) is 4.68 Å². The van der Waals surface area contributed by atoms with Crippen molar-refractivity contribution in [1.29, 1.82) is 0 Å². The molecular formula is C13H16N4O. The van der Waals surface area contributed by atoms with Crippen LogP contribution in [0.2, 0.25) is 0 Å². The molecule has 0 radical (unpaired) electrons. The molecule has 1 amide bonds. The van der Waals surface area contributed by atoms with E-state index in [0.29, 0.717) is 5.69 Å². The SMILES string of the molecule is CNCc1cccc(-n2ccc(C(=O)NC)n2)c1. The predicted octanol–water partition coefficient (Wildman–Crippen LogP) is 0.951. The third-order valence-corrected chi connectivity index (χ3v) is 2.60. The minimum atomic E-state index is -0.180. The van der Waals surface area contributed by atoms with Gasteiger partial charge < -0.3 is 10.6 Å². The van der Waals surface area contributed by atoms with Crippen molar-refractivity contribution >= 4 is 5.91 Å². The maximum absolute atomic E-state index is 11.4. The van der Waals surface area contributed by atoms with E-state index in [-0.39, 0.29) is 5.91 Å². The van der Waals surface area contributed by atoms with Gasteiger partial charge in [0.2, 0.25) is 0 Å². The maximum Gasteiger partial charge on any atom is 0.271 e. The Labute approximate surface area is 106 Å². The third kappa shape index (κ3) is 2.57. The van der Waals surface area contributed by atoms with Crippen molar-refractivity contribution in [1.82, 2.24) is 20.4 Å². The number of rotatable bonds is 4. The first kappa shape index (κ1) is 12.3. The van der Waals surface area contributed by atoms with Crippen LogP contribution in [0.4, 0.5) is 0 Å². The molecule has 1 aromatic heterocycles. The van der Waals surface area contributed by atoms with Gasteiger partial charge >= 0.3 is 0 Å². The second-order valence-corrected chi connectivity index (χ2v) is 3.92. The van der Waals surface area contributed by atoms with E-state index in [2.05, 4.69) is 15.7 Å². The molecule has 0 fully saturated rings. The van der Waals surface area contributed by atoms with Gasteiger partial charge in [-0.05, 0) is 30.8 Å². The van der Waals surface area contributed by atoms with Crippen LogP contribution in [0.5, 0.6) is 0 Å². The number of nitrogens with zero attached hydrogens (tertiary/aromatic N) is 2. The summed E-state index contributed by atoms with van der Waals surface area (Å²) in [6, 6.07) is 9.72. The zero-order valence-corrected chi connectivity index (χ0v) is 10.5. The van der Waals surface area contributed by atoms with Gasteiger partial charge in [0.15, 0.2) is 5.69 Å². The fraction of sp³-hybridized carbons (Fsp3) is 0.231. The van der Waals surface area contributed by atoms with Gasteiger partial charge in [0, 0.05) is 19.8 Å². The Morgan fingerprint density at radius 3 is 2.89 bits per heavy atom. The summed E-state index contributed by atoms with van der Waals surface area (Å²) in [5, 5.41) is 9.89. The summed E-state index contributed by atoms with van der Waals surface area (Å²) in [5.74, 6) is -0.180. The lowest BCUT2D eigenvalue weighted by atomic mass is 10.2. The molecule has 0 atom stereocenters. The molecule has 0 bridgehead atoms. The molecule has 0 saturated heterocycles. The number of amides is 1. The second kappa shape index (κ2) is 5.46. The highest BCUT2D eigenvalue weighted by atomic mass is 16.1. The average molecular weight is 244 g/mol. The molecule has 0 aliphatic heterocycles. The van der Waals surface area contributed by atoms with E-state index in [9.17, 15) is 4.79 Å². The number of carbonyl (C=O) groups is 1. The molecule has 0 aliphatic carbocycles. The Morgan fingerprint density at radius 2 is 2.17 bits per heavy atom. The van der Waals surface area contributed by atoms with Gasteiger partial charge in [-0.3, -0.25) is 4.79 Å². The fourth-order valence-corrected chi connectivity index (χ4v) is 1.73. The highest BCUT2D eigenvalue weighted by Crippen LogP contribution is 2.10. The molecular weight excluding hydrogens is 228 g/mol. The van der Waals surface area contributed by atoms with Crippen molar-refractivity contribution in [3.05, 3.63) is 47.8 Å². The first-order valence-corrected chi connectivity index (χ1v) is 5.76. The average Bonchev–Trinajstić information content (AvgIpc) is 2.88. The van der Waals surface area contributed by atoms with Crippen molar-refractivity contribution in [2.45, 2.75) is 6.54 Å². The van der Waals surface area contributed by atoms with E-state index in [0.717, 1.165) is 12.2 Å². The van der Waals surface area contributed by atoms with Crippen LogP contribution in [0.3, 0.4) is 0 Å². The molecule has 94 valence electrons. The van der Waals surface area contributed by atoms with Crippen molar-refractivity contribution in [2.24, 2.45) is 0 Å². The Hall–Kier alpha value is -2.14. The topological polar surface area (TPSA) is 59.0 Å². The number of aromatic nitrogens is 2. The molecule has 5 heteroatoms. The van der Waals surface area contributed by atoms with Crippen LogP contribution in [0, 0.1) is 0 Å². The summed E-state index contributed by atoms with van der Waals surface area (Å²) in [5.41, 5.74) is 2.53.